The van der Waals surface area contributed by atoms with Crippen LogP contribution >= 0.6 is 0 Å². The molecule has 1 aromatic rings. The van der Waals surface area contributed by atoms with Gasteiger partial charge >= 0.3 is 5.97 Å². The summed E-state index contributed by atoms with van der Waals surface area (Å²) in [7, 11) is 0. The number of nitrogens with one attached hydrogen (secondary N) is 1. The maximum Gasteiger partial charge on any atom is 0.308 e. The fourth-order valence-corrected chi connectivity index (χ4v) is 2.41. The zero-order chi connectivity index (χ0) is 12.1. The number of carboxylic acid groups (broad SMARTS) is 1. The van der Waals surface area contributed by atoms with E-state index in [0.717, 1.165) is 31.4 Å². The van der Waals surface area contributed by atoms with Gasteiger partial charge in [-0.1, -0.05) is 18.9 Å². The van der Waals surface area contributed by atoms with E-state index in [0.29, 0.717) is 6.54 Å². The molecule has 1 saturated carbocycles. The maximum atomic E-state index is 11.1. The SMILES string of the molecule is O=C(O)C1CCCCC1NCc1ccccn1. The summed E-state index contributed by atoms with van der Waals surface area (Å²) in [4.78, 5) is 15.3. The normalized spacial score (nSPS) is 24.5. The fraction of sp³-hybridized carbons (Fsp3) is 0.538. The summed E-state index contributed by atoms with van der Waals surface area (Å²) in [6.07, 6.45) is 5.63. The van der Waals surface area contributed by atoms with Crippen molar-refractivity contribution in [3.8, 4) is 0 Å². The molecule has 0 amide bonds. The van der Waals surface area contributed by atoms with Crippen molar-refractivity contribution in [2.24, 2.45) is 5.92 Å². The number of pyridine rings is 1. The van der Waals surface area contributed by atoms with Gasteiger partial charge in [-0.05, 0) is 25.0 Å². The van der Waals surface area contributed by atoms with Gasteiger partial charge in [-0.25, -0.2) is 0 Å². The molecular formula is C13H18N2O2. The van der Waals surface area contributed by atoms with Crippen molar-refractivity contribution in [2.75, 3.05) is 0 Å². The Labute approximate surface area is 101 Å². The van der Waals surface area contributed by atoms with Gasteiger partial charge in [-0.3, -0.25) is 9.78 Å². The summed E-state index contributed by atoms with van der Waals surface area (Å²) >= 11 is 0. The molecule has 2 unspecified atom stereocenters. The molecule has 0 aliphatic heterocycles. The van der Waals surface area contributed by atoms with Crippen molar-refractivity contribution in [1.29, 1.82) is 0 Å². The highest BCUT2D eigenvalue weighted by Gasteiger charge is 2.30. The van der Waals surface area contributed by atoms with Crippen molar-refractivity contribution >= 4 is 5.97 Å². The van der Waals surface area contributed by atoms with Crippen LogP contribution in [0.5, 0.6) is 0 Å². The highest BCUT2D eigenvalue weighted by molar-refractivity contribution is 5.71. The van der Waals surface area contributed by atoms with Crippen LogP contribution in [0, 0.1) is 5.92 Å². The molecule has 0 spiro atoms. The minimum Gasteiger partial charge on any atom is -0.481 e. The van der Waals surface area contributed by atoms with Gasteiger partial charge in [0.1, 0.15) is 0 Å². The second-order valence-electron chi connectivity index (χ2n) is 4.54. The first-order chi connectivity index (χ1) is 8.27. The van der Waals surface area contributed by atoms with Gasteiger partial charge in [0.2, 0.25) is 0 Å². The van der Waals surface area contributed by atoms with Gasteiger partial charge in [-0.15, -0.1) is 0 Å². The predicted octanol–water partition coefficient (Wildman–Crippen LogP) is 1.81. The lowest BCUT2D eigenvalue weighted by Gasteiger charge is -2.29. The molecule has 1 aliphatic carbocycles. The van der Waals surface area contributed by atoms with Crippen LogP contribution in [-0.4, -0.2) is 22.1 Å². The first kappa shape index (κ1) is 12.0. The Balaban J connectivity index is 1.90. The Hall–Kier alpha value is -1.42. The first-order valence-electron chi connectivity index (χ1n) is 6.13. The van der Waals surface area contributed by atoms with Crippen LogP contribution in [0.4, 0.5) is 0 Å². The second kappa shape index (κ2) is 5.77. The highest BCUT2D eigenvalue weighted by Crippen LogP contribution is 2.24. The molecule has 1 heterocycles. The van der Waals surface area contributed by atoms with E-state index in [9.17, 15) is 4.79 Å². The summed E-state index contributed by atoms with van der Waals surface area (Å²) in [6, 6.07) is 5.86. The topological polar surface area (TPSA) is 62.2 Å². The number of hydrogen-bond donors (Lipinski definition) is 2. The van der Waals surface area contributed by atoms with Crippen molar-refractivity contribution in [1.82, 2.24) is 10.3 Å². The molecule has 0 radical (unpaired) electrons. The Kier molecular flexibility index (Phi) is 4.09. The molecule has 92 valence electrons. The number of nitrogens with zero attached hydrogens (tertiary/aromatic N) is 1. The summed E-state index contributed by atoms with van der Waals surface area (Å²) < 4.78 is 0. The minimum atomic E-state index is -0.678. The van der Waals surface area contributed by atoms with E-state index in [1.54, 1.807) is 6.20 Å². The van der Waals surface area contributed by atoms with Crippen LogP contribution in [0.25, 0.3) is 0 Å². The van der Waals surface area contributed by atoms with Gasteiger partial charge in [0.25, 0.3) is 0 Å². The average Bonchev–Trinajstić information content (AvgIpc) is 2.38. The monoisotopic (exact) mass is 234 g/mol. The highest BCUT2D eigenvalue weighted by atomic mass is 16.4. The lowest BCUT2D eigenvalue weighted by molar-refractivity contribution is -0.143. The van der Waals surface area contributed by atoms with Gasteiger partial charge in [0.05, 0.1) is 11.6 Å². The van der Waals surface area contributed by atoms with Crippen LogP contribution in [-0.2, 0) is 11.3 Å². The molecule has 0 aromatic carbocycles. The number of carboxylic acids is 1. The van der Waals surface area contributed by atoms with Gasteiger partial charge < -0.3 is 10.4 Å². The third-order valence-electron chi connectivity index (χ3n) is 3.35. The largest absolute Gasteiger partial charge is 0.481 e. The van der Waals surface area contributed by atoms with Crippen LogP contribution in [0.3, 0.4) is 0 Å². The van der Waals surface area contributed by atoms with E-state index in [4.69, 9.17) is 5.11 Å². The molecule has 4 nitrogen and oxygen atoms in total. The van der Waals surface area contributed by atoms with Gasteiger partial charge in [0.15, 0.2) is 0 Å². The summed E-state index contributed by atoms with van der Waals surface area (Å²) in [5.41, 5.74) is 0.960. The Morgan fingerprint density at radius 2 is 2.24 bits per heavy atom. The van der Waals surface area contributed by atoms with Gasteiger partial charge in [0, 0.05) is 18.8 Å². The maximum absolute atomic E-state index is 11.1. The second-order valence-corrected chi connectivity index (χ2v) is 4.54. The van der Waals surface area contributed by atoms with E-state index in [2.05, 4.69) is 10.3 Å². The Morgan fingerprint density at radius 3 is 2.94 bits per heavy atom. The molecular weight excluding hydrogens is 216 g/mol. The zero-order valence-electron chi connectivity index (χ0n) is 9.80. The molecule has 2 N–H and O–H groups in total. The van der Waals surface area contributed by atoms with Crippen LogP contribution in [0.15, 0.2) is 24.4 Å². The van der Waals surface area contributed by atoms with Crippen LogP contribution < -0.4 is 5.32 Å². The summed E-state index contributed by atoms with van der Waals surface area (Å²) in [5, 5.41) is 12.5. The smallest absolute Gasteiger partial charge is 0.308 e. The Bertz CT molecular complexity index is 367. The van der Waals surface area contributed by atoms with Crippen molar-refractivity contribution in [2.45, 2.75) is 38.3 Å². The van der Waals surface area contributed by atoms with Crippen molar-refractivity contribution in [3.05, 3.63) is 30.1 Å². The fourth-order valence-electron chi connectivity index (χ4n) is 2.41. The molecule has 4 heteroatoms. The zero-order valence-corrected chi connectivity index (χ0v) is 9.80. The molecule has 0 saturated heterocycles. The lowest BCUT2D eigenvalue weighted by Crippen LogP contribution is -2.42. The van der Waals surface area contributed by atoms with E-state index < -0.39 is 5.97 Å². The lowest BCUT2D eigenvalue weighted by atomic mass is 9.84. The Morgan fingerprint density at radius 1 is 1.41 bits per heavy atom. The molecule has 2 rings (SSSR count). The predicted molar refractivity (Wildman–Crippen MR) is 64.5 cm³/mol. The van der Waals surface area contributed by atoms with E-state index in [1.165, 1.54) is 0 Å². The van der Waals surface area contributed by atoms with E-state index in [-0.39, 0.29) is 12.0 Å². The number of aliphatic carboxylic acids is 1. The van der Waals surface area contributed by atoms with E-state index in [1.807, 2.05) is 18.2 Å². The van der Waals surface area contributed by atoms with Gasteiger partial charge in [-0.2, -0.15) is 0 Å². The molecule has 2 atom stereocenters. The molecule has 0 bridgehead atoms. The number of hydrogen-bond acceptors (Lipinski definition) is 3. The summed E-state index contributed by atoms with van der Waals surface area (Å²) in [5.74, 6) is -0.921. The number of aromatic nitrogens is 1. The van der Waals surface area contributed by atoms with Crippen molar-refractivity contribution in [3.63, 3.8) is 0 Å². The van der Waals surface area contributed by atoms with Crippen molar-refractivity contribution < 1.29 is 9.90 Å². The number of carbonyl (C=O) groups is 1. The average molecular weight is 234 g/mol. The third kappa shape index (κ3) is 3.27. The van der Waals surface area contributed by atoms with Crippen LogP contribution in [0.2, 0.25) is 0 Å². The molecule has 1 fully saturated rings. The molecule has 17 heavy (non-hydrogen) atoms. The summed E-state index contributed by atoms with van der Waals surface area (Å²) in [6.45, 7) is 0.648. The minimum absolute atomic E-state index is 0.0863. The first-order valence-corrected chi connectivity index (χ1v) is 6.13. The van der Waals surface area contributed by atoms with Crippen LogP contribution in [0.1, 0.15) is 31.4 Å². The quantitative estimate of drug-likeness (QED) is 0.834. The molecule has 1 aromatic heterocycles. The standard InChI is InChI=1S/C13H18N2O2/c16-13(17)11-6-1-2-7-12(11)15-9-10-5-3-4-8-14-10/h3-5,8,11-12,15H,1-2,6-7,9H2,(H,16,17). The van der Waals surface area contributed by atoms with E-state index >= 15 is 0 Å². The molecule has 1 aliphatic rings. The number of rotatable bonds is 4. The third-order valence-corrected chi connectivity index (χ3v) is 3.35.